The highest BCUT2D eigenvalue weighted by atomic mass is 79.9. The molecule has 2 N–H and O–H groups in total. The molecular weight excluding hydrogens is 363 g/mol. The molecule has 2 aromatic rings. The average molecular weight is 376 g/mol. The van der Waals surface area contributed by atoms with Crippen molar-refractivity contribution in [1.82, 2.24) is 0 Å². The summed E-state index contributed by atoms with van der Waals surface area (Å²) in [6.07, 6.45) is -4.34. The molecule has 6 heteroatoms. The molecule has 2 rings (SSSR count). The maximum absolute atomic E-state index is 12.7. The summed E-state index contributed by atoms with van der Waals surface area (Å²) in [6.45, 7) is 0. The Bertz CT molecular complexity index is 599. The predicted octanol–water partition coefficient (Wildman–Crippen LogP) is 5.26. The number of hydrogen-bond donors (Lipinski definition) is 1. The molecule has 0 bridgehead atoms. The van der Waals surface area contributed by atoms with Crippen LogP contribution in [-0.2, 0) is 6.18 Å². The van der Waals surface area contributed by atoms with Crippen LogP contribution in [0.1, 0.15) is 17.2 Å². The smallest absolute Gasteiger partial charge is 0.323 e. The van der Waals surface area contributed by atoms with Gasteiger partial charge in [0, 0.05) is 21.2 Å². The summed E-state index contributed by atoms with van der Waals surface area (Å²) < 4.78 is 39.0. The Morgan fingerprint density at radius 3 is 2.38 bits per heavy atom. The van der Waals surface area contributed by atoms with E-state index in [-0.39, 0.29) is 0 Å². The molecule has 0 saturated heterocycles. The van der Waals surface area contributed by atoms with Crippen molar-refractivity contribution in [2.75, 3.05) is 5.75 Å². The van der Waals surface area contributed by atoms with Gasteiger partial charge in [0.05, 0.1) is 5.56 Å². The molecule has 21 heavy (non-hydrogen) atoms. The monoisotopic (exact) mass is 375 g/mol. The molecule has 0 aliphatic heterocycles. The van der Waals surface area contributed by atoms with Crippen LogP contribution in [0.4, 0.5) is 13.2 Å². The van der Waals surface area contributed by atoms with E-state index in [0.29, 0.717) is 11.3 Å². The van der Waals surface area contributed by atoms with E-state index < -0.39 is 17.8 Å². The van der Waals surface area contributed by atoms with Gasteiger partial charge in [-0.25, -0.2) is 0 Å². The molecule has 0 spiro atoms. The van der Waals surface area contributed by atoms with Gasteiger partial charge in [0.15, 0.2) is 0 Å². The molecule has 0 radical (unpaired) electrons. The van der Waals surface area contributed by atoms with E-state index in [1.54, 1.807) is 6.07 Å². The summed E-state index contributed by atoms with van der Waals surface area (Å²) in [4.78, 5) is 1.03. The zero-order chi connectivity index (χ0) is 15.5. The van der Waals surface area contributed by atoms with Crippen LogP contribution in [0.2, 0.25) is 0 Å². The molecule has 0 saturated carbocycles. The lowest BCUT2D eigenvalue weighted by atomic mass is 10.1. The van der Waals surface area contributed by atoms with Gasteiger partial charge in [-0.15, -0.1) is 11.8 Å². The minimum atomic E-state index is -4.34. The van der Waals surface area contributed by atoms with E-state index in [1.165, 1.54) is 17.8 Å². The summed E-state index contributed by atoms with van der Waals surface area (Å²) >= 11 is 4.87. The van der Waals surface area contributed by atoms with E-state index in [2.05, 4.69) is 15.9 Å². The van der Waals surface area contributed by atoms with E-state index in [4.69, 9.17) is 5.73 Å². The molecule has 1 atom stereocenters. The van der Waals surface area contributed by atoms with Gasteiger partial charge in [-0.05, 0) is 42.0 Å². The van der Waals surface area contributed by atoms with Gasteiger partial charge >= 0.3 is 6.18 Å². The van der Waals surface area contributed by atoms with Gasteiger partial charge in [0.25, 0.3) is 0 Å². The van der Waals surface area contributed by atoms with Crippen LogP contribution < -0.4 is 5.73 Å². The maximum Gasteiger partial charge on any atom is 0.416 e. The van der Waals surface area contributed by atoms with E-state index in [1.807, 2.05) is 24.3 Å². The first-order valence-electron chi connectivity index (χ1n) is 6.17. The molecule has 0 fully saturated rings. The van der Waals surface area contributed by atoms with Gasteiger partial charge in [-0.3, -0.25) is 0 Å². The summed E-state index contributed by atoms with van der Waals surface area (Å²) in [5.74, 6) is 0.517. The Balaban J connectivity index is 2.03. The number of thioether (sulfide) groups is 1. The second-order valence-corrected chi connectivity index (χ2v) is 6.50. The lowest BCUT2D eigenvalue weighted by Crippen LogP contribution is -2.14. The molecule has 0 amide bonds. The van der Waals surface area contributed by atoms with E-state index in [0.717, 1.165) is 21.5 Å². The Kier molecular flexibility index (Phi) is 5.35. The normalized spacial score (nSPS) is 13.2. The van der Waals surface area contributed by atoms with Crippen molar-refractivity contribution in [3.05, 3.63) is 64.1 Å². The first-order valence-corrected chi connectivity index (χ1v) is 7.95. The van der Waals surface area contributed by atoms with Crippen LogP contribution in [0, 0.1) is 0 Å². The lowest BCUT2D eigenvalue weighted by Gasteiger charge is -2.14. The maximum atomic E-state index is 12.7. The summed E-state index contributed by atoms with van der Waals surface area (Å²) in [5.41, 5.74) is 5.82. The van der Waals surface area contributed by atoms with Gasteiger partial charge in [-0.2, -0.15) is 13.2 Å². The average Bonchev–Trinajstić information content (AvgIpc) is 2.45. The Labute approximate surface area is 133 Å². The molecule has 1 nitrogen and oxygen atoms in total. The second-order valence-electron chi connectivity index (χ2n) is 4.49. The number of hydrogen-bond acceptors (Lipinski definition) is 2. The first kappa shape index (κ1) is 16.4. The fourth-order valence-electron chi connectivity index (χ4n) is 1.76. The molecular formula is C15H13BrF3NS. The van der Waals surface area contributed by atoms with Crippen molar-refractivity contribution >= 4 is 27.7 Å². The van der Waals surface area contributed by atoms with Gasteiger partial charge in [0.2, 0.25) is 0 Å². The van der Waals surface area contributed by atoms with Gasteiger partial charge < -0.3 is 5.73 Å². The largest absolute Gasteiger partial charge is 0.416 e. The molecule has 0 heterocycles. The molecule has 2 aromatic carbocycles. The van der Waals surface area contributed by atoms with Crippen molar-refractivity contribution < 1.29 is 13.2 Å². The summed E-state index contributed by atoms with van der Waals surface area (Å²) in [6, 6.07) is 12.5. The molecule has 0 aromatic heterocycles. The topological polar surface area (TPSA) is 26.0 Å². The third kappa shape index (κ3) is 4.76. The Morgan fingerprint density at radius 2 is 1.76 bits per heavy atom. The zero-order valence-corrected chi connectivity index (χ0v) is 13.3. The summed E-state index contributed by atoms with van der Waals surface area (Å²) in [7, 11) is 0. The van der Waals surface area contributed by atoms with E-state index >= 15 is 0 Å². The Hall–Kier alpha value is -0.980. The third-order valence-corrected chi connectivity index (χ3v) is 4.55. The number of alkyl halides is 3. The van der Waals surface area contributed by atoms with Crippen molar-refractivity contribution in [2.24, 2.45) is 5.73 Å². The van der Waals surface area contributed by atoms with Crippen LogP contribution in [0.25, 0.3) is 0 Å². The highest BCUT2D eigenvalue weighted by Crippen LogP contribution is 2.31. The predicted molar refractivity (Wildman–Crippen MR) is 83.2 cm³/mol. The molecule has 0 aliphatic rings. The van der Waals surface area contributed by atoms with Crippen LogP contribution in [0.5, 0.6) is 0 Å². The highest BCUT2D eigenvalue weighted by molar-refractivity contribution is 9.10. The molecule has 1 unspecified atom stereocenters. The fraction of sp³-hybridized carbons (Fsp3) is 0.200. The number of nitrogens with two attached hydrogens (primary N) is 1. The quantitative estimate of drug-likeness (QED) is 0.737. The zero-order valence-electron chi connectivity index (χ0n) is 10.9. The minimum Gasteiger partial charge on any atom is -0.323 e. The van der Waals surface area contributed by atoms with Crippen molar-refractivity contribution in [3.63, 3.8) is 0 Å². The summed E-state index contributed by atoms with van der Waals surface area (Å²) in [5, 5.41) is 0. The second kappa shape index (κ2) is 6.85. The van der Waals surface area contributed by atoms with Crippen molar-refractivity contribution in [1.29, 1.82) is 0 Å². The third-order valence-electron chi connectivity index (χ3n) is 2.89. The van der Waals surface area contributed by atoms with Crippen LogP contribution >= 0.6 is 27.7 Å². The van der Waals surface area contributed by atoms with E-state index in [9.17, 15) is 13.2 Å². The molecule has 112 valence electrons. The lowest BCUT2D eigenvalue weighted by molar-refractivity contribution is -0.137. The van der Waals surface area contributed by atoms with Gasteiger partial charge in [0.1, 0.15) is 0 Å². The SMILES string of the molecule is NC(CSc1ccc(Br)cc1)c1cccc(C(F)(F)F)c1. The van der Waals surface area contributed by atoms with Crippen LogP contribution in [-0.4, -0.2) is 5.75 Å². The fourth-order valence-corrected chi connectivity index (χ4v) is 2.92. The number of rotatable bonds is 4. The van der Waals surface area contributed by atoms with Crippen LogP contribution in [0.15, 0.2) is 57.9 Å². The first-order chi connectivity index (χ1) is 9.86. The number of benzene rings is 2. The Morgan fingerprint density at radius 1 is 1.10 bits per heavy atom. The van der Waals surface area contributed by atoms with Crippen molar-refractivity contribution in [3.8, 4) is 0 Å². The van der Waals surface area contributed by atoms with Crippen molar-refractivity contribution in [2.45, 2.75) is 17.1 Å². The van der Waals surface area contributed by atoms with Gasteiger partial charge in [-0.1, -0.05) is 28.1 Å². The standard InChI is InChI=1S/C15H13BrF3NS/c16-12-4-6-13(7-5-12)21-9-14(20)10-2-1-3-11(8-10)15(17,18)19/h1-8,14H,9,20H2. The minimum absolute atomic E-state index is 0.444. The van der Waals surface area contributed by atoms with Crippen LogP contribution in [0.3, 0.4) is 0 Å². The molecule has 0 aliphatic carbocycles. The highest BCUT2D eigenvalue weighted by Gasteiger charge is 2.30. The number of halogens is 4.